The summed E-state index contributed by atoms with van der Waals surface area (Å²) in [6.45, 7) is 3.29. The van der Waals surface area contributed by atoms with Crippen LogP contribution in [0.25, 0.3) is 0 Å². The van der Waals surface area contributed by atoms with Gasteiger partial charge in [-0.1, -0.05) is 6.07 Å². The van der Waals surface area contributed by atoms with Crippen LogP contribution in [0.15, 0.2) is 17.5 Å². The molecule has 0 aliphatic carbocycles. The molecule has 1 saturated heterocycles. The van der Waals surface area contributed by atoms with Crippen LogP contribution in [-0.4, -0.2) is 55.5 Å². The fourth-order valence-corrected chi connectivity index (χ4v) is 2.96. The lowest BCUT2D eigenvalue weighted by Crippen LogP contribution is -2.41. The van der Waals surface area contributed by atoms with Crippen molar-refractivity contribution in [1.29, 1.82) is 0 Å². The summed E-state index contributed by atoms with van der Waals surface area (Å²) < 4.78 is 0. The number of carbonyl (C=O) groups is 1. The Kier molecular flexibility index (Phi) is 6.79. The van der Waals surface area contributed by atoms with Gasteiger partial charge in [-0.05, 0) is 31.5 Å². The van der Waals surface area contributed by atoms with E-state index in [2.05, 4.69) is 16.3 Å². The minimum absolute atomic E-state index is 0. The van der Waals surface area contributed by atoms with Gasteiger partial charge in [-0.15, -0.1) is 23.7 Å². The van der Waals surface area contributed by atoms with Crippen molar-refractivity contribution in [2.24, 2.45) is 0 Å². The highest BCUT2D eigenvalue weighted by molar-refractivity contribution is 7.09. The van der Waals surface area contributed by atoms with Crippen LogP contribution in [0.3, 0.4) is 0 Å². The molecule has 1 aliphatic heterocycles. The normalized spacial score (nSPS) is 18.4. The highest BCUT2D eigenvalue weighted by atomic mass is 35.5. The van der Waals surface area contributed by atoms with Crippen molar-refractivity contribution >= 4 is 29.7 Å². The summed E-state index contributed by atoms with van der Waals surface area (Å²) in [6.07, 6.45) is 1.14. The number of nitrogens with zero attached hydrogens (tertiary/aromatic N) is 2. The van der Waals surface area contributed by atoms with E-state index in [4.69, 9.17) is 0 Å². The summed E-state index contributed by atoms with van der Waals surface area (Å²) in [6, 6.07) is 4.59. The average Bonchev–Trinajstić information content (AvgIpc) is 3.01. The smallest absolute Gasteiger partial charge is 0.236 e. The van der Waals surface area contributed by atoms with E-state index >= 15 is 0 Å². The van der Waals surface area contributed by atoms with Gasteiger partial charge in [0.25, 0.3) is 0 Å². The molecule has 1 fully saturated rings. The van der Waals surface area contributed by atoms with E-state index in [0.29, 0.717) is 19.1 Å². The fraction of sp³-hybridized carbons (Fsp3) is 0.615. The second-order valence-electron chi connectivity index (χ2n) is 4.89. The van der Waals surface area contributed by atoms with Crippen LogP contribution in [0.5, 0.6) is 0 Å². The maximum absolute atomic E-state index is 12.1. The van der Waals surface area contributed by atoms with Crippen LogP contribution in [0.4, 0.5) is 0 Å². The maximum atomic E-state index is 12.1. The Bertz CT molecular complexity index is 379. The Morgan fingerprint density at radius 3 is 2.89 bits per heavy atom. The third kappa shape index (κ3) is 4.76. The molecule has 1 N–H and O–H groups in total. The Morgan fingerprint density at radius 2 is 2.32 bits per heavy atom. The van der Waals surface area contributed by atoms with Gasteiger partial charge in [-0.2, -0.15) is 0 Å². The number of hydrogen-bond donors (Lipinski definition) is 1. The van der Waals surface area contributed by atoms with E-state index in [1.807, 2.05) is 30.4 Å². The first-order valence-electron chi connectivity index (χ1n) is 6.34. The van der Waals surface area contributed by atoms with E-state index in [0.717, 1.165) is 19.5 Å². The van der Waals surface area contributed by atoms with E-state index in [9.17, 15) is 4.79 Å². The van der Waals surface area contributed by atoms with E-state index < -0.39 is 0 Å². The predicted octanol–water partition coefficient (Wildman–Crippen LogP) is 1.42. The van der Waals surface area contributed by atoms with Gasteiger partial charge >= 0.3 is 0 Å². The number of likely N-dealkylation sites (N-methyl/N-ethyl adjacent to an activating group) is 2. The van der Waals surface area contributed by atoms with Gasteiger partial charge in [0, 0.05) is 24.5 Å². The average molecular weight is 304 g/mol. The lowest BCUT2D eigenvalue weighted by Gasteiger charge is -2.25. The first-order valence-corrected chi connectivity index (χ1v) is 7.22. The van der Waals surface area contributed by atoms with Crippen LogP contribution in [0.1, 0.15) is 11.3 Å². The van der Waals surface area contributed by atoms with Gasteiger partial charge in [-0.25, -0.2) is 0 Å². The van der Waals surface area contributed by atoms with Crippen LogP contribution < -0.4 is 5.32 Å². The topological polar surface area (TPSA) is 35.6 Å². The number of hydrogen-bond acceptors (Lipinski definition) is 4. The molecule has 1 aliphatic rings. The maximum Gasteiger partial charge on any atom is 0.236 e. The molecular weight excluding hydrogens is 282 g/mol. The molecule has 6 heteroatoms. The lowest BCUT2D eigenvalue weighted by molar-refractivity contribution is -0.131. The van der Waals surface area contributed by atoms with Gasteiger partial charge in [0.1, 0.15) is 0 Å². The van der Waals surface area contributed by atoms with Crippen molar-refractivity contribution in [3.63, 3.8) is 0 Å². The zero-order valence-corrected chi connectivity index (χ0v) is 13.1. The molecule has 2 heterocycles. The zero-order chi connectivity index (χ0) is 13.0. The molecule has 108 valence electrons. The number of halogens is 1. The summed E-state index contributed by atoms with van der Waals surface area (Å²) in [4.78, 5) is 17.3. The van der Waals surface area contributed by atoms with Crippen molar-refractivity contribution < 1.29 is 4.79 Å². The van der Waals surface area contributed by atoms with Gasteiger partial charge in [0.05, 0.1) is 13.1 Å². The van der Waals surface area contributed by atoms with Crippen LogP contribution in [0.2, 0.25) is 0 Å². The highest BCUT2D eigenvalue weighted by Crippen LogP contribution is 2.11. The summed E-state index contributed by atoms with van der Waals surface area (Å²) >= 11 is 1.70. The third-order valence-corrected chi connectivity index (χ3v) is 4.30. The highest BCUT2D eigenvalue weighted by Gasteiger charge is 2.22. The first-order chi connectivity index (χ1) is 8.66. The van der Waals surface area contributed by atoms with Crippen molar-refractivity contribution in [2.45, 2.75) is 19.0 Å². The van der Waals surface area contributed by atoms with Gasteiger partial charge in [0.2, 0.25) is 5.91 Å². The Labute approximate surface area is 125 Å². The Hall–Kier alpha value is -0.620. The van der Waals surface area contributed by atoms with Crippen LogP contribution in [0, 0.1) is 0 Å². The summed E-state index contributed by atoms with van der Waals surface area (Å²) in [5.41, 5.74) is 0. The van der Waals surface area contributed by atoms with E-state index in [1.165, 1.54) is 4.88 Å². The number of nitrogens with one attached hydrogen (secondary N) is 1. The van der Waals surface area contributed by atoms with Crippen molar-refractivity contribution in [2.75, 3.05) is 33.7 Å². The van der Waals surface area contributed by atoms with Crippen molar-refractivity contribution in [3.05, 3.63) is 22.4 Å². The Morgan fingerprint density at radius 1 is 1.53 bits per heavy atom. The predicted molar refractivity (Wildman–Crippen MR) is 81.9 cm³/mol. The third-order valence-electron chi connectivity index (χ3n) is 3.44. The van der Waals surface area contributed by atoms with Crippen molar-refractivity contribution in [1.82, 2.24) is 15.1 Å². The van der Waals surface area contributed by atoms with Gasteiger partial charge in [-0.3, -0.25) is 9.69 Å². The van der Waals surface area contributed by atoms with E-state index in [-0.39, 0.29) is 18.3 Å². The van der Waals surface area contributed by atoms with Gasteiger partial charge in [0.15, 0.2) is 0 Å². The minimum atomic E-state index is 0. The minimum Gasteiger partial charge on any atom is -0.340 e. The molecule has 19 heavy (non-hydrogen) atoms. The zero-order valence-electron chi connectivity index (χ0n) is 11.5. The standard InChI is InChI=1S/C13H21N3OS.ClH/c1-15(11-5-6-14-8-11)10-13(17)16(2)9-12-4-3-7-18-12;/h3-4,7,11,14H,5-6,8-10H2,1-2H3;1H. The fourth-order valence-electron chi connectivity index (χ4n) is 2.20. The second kappa shape index (κ2) is 7.85. The quantitative estimate of drug-likeness (QED) is 0.894. The van der Waals surface area contributed by atoms with E-state index in [1.54, 1.807) is 11.3 Å². The number of rotatable bonds is 5. The molecule has 0 spiro atoms. The molecular formula is C13H22ClN3OS. The summed E-state index contributed by atoms with van der Waals surface area (Å²) in [5.74, 6) is 0.192. The molecule has 0 saturated carbocycles. The Balaban J connectivity index is 0.00000180. The molecule has 0 radical (unpaired) electrons. The molecule has 1 aromatic rings. The molecule has 0 bridgehead atoms. The molecule has 1 atom stereocenters. The molecule has 0 aromatic carbocycles. The SMILES string of the molecule is CN(Cc1cccs1)C(=O)CN(C)C1CCNC1.Cl. The van der Waals surface area contributed by atoms with Crippen LogP contribution in [-0.2, 0) is 11.3 Å². The second-order valence-corrected chi connectivity index (χ2v) is 5.92. The molecule has 2 rings (SSSR count). The molecule has 4 nitrogen and oxygen atoms in total. The first kappa shape index (κ1) is 16.4. The molecule has 1 aromatic heterocycles. The lowest BCUT2D eigenvalue weighted by atomic mass is 10.2. The largest absolute Gasteiger partial charge is 0.340 e. The number of carbonyl (C=O) groups excluding carboxylic acids is 1. The summed E-state index contributed by atoms with van der Waals surface area (Å²) in [7, 11) is 3.91. The molecule has 1 amide bonds. The molecule has 1 unspecified atom stereocenters. The van der Waals surface area contributed by atoms with Crippen LogP contribution >= 0.6 is 23.7 Å². The summed E-state index contributed by atoms with van der Waals surface area (Å²) in [5, 5.41) is 5.37. The van der Waals surface area contributed by atoms with Crippen molar-refractivity contribution in [3.8, 4) is 0 Å². The monoisotopic (exact) mass is 303 g/mol. The number of thiophene rings is 1. The number of amides is 1. The van der Waals surface area contributed by atoms with Gasteiger partial charge < -0.3 is 10.2 Å².